The van der Waals surface area contributed by atoms with Crippen molar-refractivity contribution in [3.8, 4) is 0 Å². The van der Waals surface area contributed by atoms with Crippen molar-refractivity contribution in [3.63, 3.8) is 0 Å². The lowest BCUT2D eigenvalue weighted by Gasteiger charge is -2.28. The molecule has 1 aliphatic rings. The lowest BCUT2D eigenvalue weighted by Crippen LogP contribution is -2.34. The van der Waals surface area contributed by atoms with Crippen LogP contribution >= 0.6 is 0 Å². The minimum absolute atomic E-state index is 0.374. The summed E-state index contributed by atoms with van der Waals surface area (Å²) < 4.78 is 0. The van der Waals surface area contributed by atoms with Crippen molar-refractivity contribution < 1.29 is 0 Å². The summed E-state index contributed by atoms with van der Waals surface area (Å²) in [6.45, 7) is 5.37. The largest absolute Gasteiger partial charge is 0.353 e. The van der Waals surface area contributed by atoms with E-state index in [0.717, 1.165) is 23.7 Å². The Labute approximate surface area is 111 Å². The second-order valence-corrected chi connectivity index (χ2v) is 5.34. The van der Waals surface area contributed by atoms with Crippen molar-refractivity contribution in [2.45, 2.75) is 32.7 Å². The number of hydrazine groups is 1. The summed E-state index contributed by atoms with van der Waals surface area (Å²) >= 11 is 0. The van der Waals surface area contributed by atoms with Gasteiger partial charge in [-0.25, -0.2) is 5.84 Å². The highest BCUT2D eigenvalue weighted by atomic mass is 15.3. The summed E-state index contributed by atoms with van der Waals surface area (Å²) in [6, 6.07) is 0.374. The van der Waals surface area contributed by atoms with Gasteiger partial charge in [0, 0.05) is 12.6 Å². The molecule has 7 heteroatoms. The Morgan fingerprint density at radius 2 is 2.26 bits per heavy atom. The molecular formula is C12H19N7. The fourth-order valence-corrected chi connectivity index (χ4v) is 2.22. The molecule has 4 N–H and O–H groups in total. The molecule has 7 nitrogen and oxygen atoms in total. The molecule has 0 spiro atoms. The molecule has 3 rings (SSSR count). The van der Waals surface area contributed by atoms with Crippen molar-refractivity contribution in [3.05, 3.63) is 6.20 Å². The van der Waals surface area contributed by atoms with Crippen LogP contribution in [0.3, 0.4) is 0 Å². The van der Waals surface area contributed by atoms with E-state index in [1.165, 1.54) is 12.8 Å². The van der Waals surface area contributed by atoms with Crippen molar-refractivity contribution in [2.75, 3.05) is 16.9 Å². The maximum Gasteiger partial charge on any atom is 0.241 e. The second kappa shape index (κ2) is 4.65. The Hall–Kier alpha value is -1.89. The van der Waals surface area contributed by atoms with E-state index >= 15 is 0 Å². The van der Waals surface area contributed by atoms with E-state index in [-0.39, 0.29) is 0 Å². The summed E-state index contributed by atoms with van der Waals surface area (Å²) in [4.78, 5) is 11.1. The van der Waals surface area contributed by atoms with E-state index in [9.17, 15) is 0 Å². The van der Waals surface area contributed by atoms with E-state index < -0.39 is 0 Å². The van der Waals surface area contributed by atoms with Crippen molar-refractivity contribution in [2.24, 2.45) is 11.8 Å². The maximum atomic E-state index is 5.44. The van der Waals surface area contributed by atoms with Crippen molar-refractivity contribution in [1.82, 2.24) is 20.2 Å². The van der Waals surface area contributed by atoms with Gasteiger partial charge in [0.25, 0.3) is 0 Å². The lowest BCUT2D eigenvalue weighted by atomic mass is 10.2. The number of hydrogen-bond donors (Lipinski definition) is 3. The van der Waals surface area contributed by atoms with Crippen LogP contribution in [0.4, 0.5) is 11.8 Å². The van der Waals surface area contributed by atoms with Crippen LogP contribution in [-0.2, 0) is 0 Å². The first-order valence-electron chi connectivity index (χ1n) is 6.63. The quantitative estimate of drug-likeness (QED) is 0.554. The van der Waals surface area contributed by atoms with Gasteiger partial charge in [-0.05, 0) is 32.6 Å². The number of anilines is 2. The summed E-state index contributed by atoms with van der Waals surface area (Å²) in [6.07, 6.45) is 4.39. The molecule has 0 aliphatic heterocycles. The third-order valence-corrected chi connectivity index (χ3v) is 3.47. The first-order valence-corrected chi connectivity index (χ1v) is 6.63. The molecule has 0 unspecified atom stereocenters. The number of hydrogen-bond acceptors (Lipinski definition) is 6. The molecule has 0 amide bonds. The molecule has 2 aromatic rings. The Kier molecular flexibility index (Phi) is 2.98. The molecule has 0 atom stereocenters. The highest BCUT2D eigenvalue weighted by molar-refractivity contribution is 5.87. The standard InChI is InChI=1S/C12H19N7/c1-7(2)19(6-8-3-4-8)11-9-5-14-18-10(9)15-12(16-11)17-13/h5,7-8H,3-4,6,13H2,1-2H3,(H2,14,15,16,17,18). The van der Waals surface area contributed by atoms with Crippen LogP contribution in [0.2, 0.25) is 0 Å². The summed E-state index contributed by atoms with van der Waals surface area (Å²) in [5.74, 6) is 7.53. The maximum absolute atomic E-state index is 5.44. The van der Waals surface area contributed by atoms with Crippen LogP contribution in [-0.4, -0.2) is 32.8 Å². The molecule has 1 aliphatic carbocycles. The molecule has 102 valence electrons. The summed E-state index contributed by atoms with van der Waals surface area (Å²) in [7, 11) is 0. The van der Waals surface area contributed by atoms with Gasteiger partial charge in [0.05, 0.1) is 11.6 Å². The number of nitrogens with one attached hydrogen (secondary N) is 2. The van der Waals surface area contributed by atoms with Gasteiger partial charge < -0.3 is 4.90 Å². The molecule has 0 saturated heterocycles. The highest BCUT2D eigenvalue weighted by Gasteiger charge is 2.27. The fraction of sp³-hybridized carbons (Fsp3) is 0.583. The third kappa shape index (κ3) is 2.33. The Morgan fingerprint density at radius 1 is 1.47 bits per heavy atom. The Balaban J connectivity index is 2.06. The average Bonchev–Trinajstić information content (AvgIpc) is 3.09. The molecule has 1 fully saturated rings. The van der Waals surface area contributed by atoms with E-state index in [0.29, 0.717) is 17.6 Å². The first-order chi connectivity index (χ1) is 9.19. The number of fused-ring (bicyclic) bond motifs is 1. The van der Waals surface area contributed by atoms with Crippen LogP contribution in [0, 0.1) is 5.92 Å². The van der Waals surface area contributed by atoms with Gasteiger partial charge in [0.15, 0.2) is 5.65 Å². The zero-order valence-electron chi connectivity index (χ0n) is 11.2. The molecule has 0 radical (unpaired) electrons. The van der Waals surface area contributed by atoms with E-state index in [2.05, 4.69) is 44.3 Å². The minimum Gasteiger partial charge on any atom is -0.353 e. The Morgan fingerprint density at radius 3 is 2.89 bits per heavy atom. The van der Waals surface area contributed by atoms with Gasteiger partial charge in [-0.1, -0.05) is 0 Å². The average molecular weight is 261 g/mol. The number of nitrogen functional groups attached to an aromatic ring is 1. The highest BCUT2D eigenvalue weighted by Crippen LogP contribution is 2.33. The smallest absolute Gasteiger partial charge is 0.241 e. The summed E-state index contributed by atoms with van der Waals surface area (Å²) in [5, 5.41) is 7.86. The summed E-state index contributed by atoms with van der Waals surface area (Å²) in [5.41, 5.74) is 3.22. The van der Waals surface area contributed by atoms with Gasteiger partial charge in [-0.15, -0.1) is 0 Å². The SMILES string of the molecule is CC(C)N(CC1CC1)c1nc(NN)nc2[nH]ncc12. The molecular weight excluding hydrogens is 242 g/mol. The molecule has 2 aromatic heterocycles. The molecule has 1 saturated carbocycles. The van der Waals surface area contributed by atoms with E-state index in [1.54, 1.807) is 6.20 Å². The van der Waals surface area contributed by atoms with Crippen LogP contribution in [0.15, 0.2) is 6.20 Å². The predicted molar refractivity (Wildman–Crippen MR) is 74.7 cm³/mol. The van der Waals surface area contributed by atoms with E-state index in [1.807, 2.05) is 0 Å². The van der Waals surface area contributed by atoms with Gasteiger partial charge in [0.2, 0.25) is 5.95 Å². The van der Waals surface area contributed by atoms with Crippen molar-refractivity contribution >= 4 is 22.8 Å². The monoisotopic (exact) mass is 261 g/mol. The van der Waals surface area contributed by atoms with Crippen LogP contribution in [0.5, 0.6) is 0 Å². The molecule has 2 heterocycles. The first kappa shape index (κ1) is 12.2. The number of nitrogens with zero attached hydrogens (tertiary/aromatic N) is 4. The van der Waals surface area contributed by atoms with Gasteiger partial charge in [-0.2, -0.15) is 15.1 Å². The van der Waals surface area contributed by atoms with Crippen LogP contribution < -0.4 is 16.2 Å². The van der Waals surface area contributed by atoms with Crippen LogP contribution in [0.1, 0.15) is 26.7 Å². The molecule has 19 heavy (non-hydrogen) atoms. The zero-order valence-corrected chi connectivity index (χ0v) is 11.2. The lowest BCUT2D eigenvalue weighted by molar-refractivity contribution is 0.639. The predicted octanol–water partition coefficient (Wildman–Crippen LogP) is 1.26. The zero-order chi connectivity index (χ0) is 13.4. The van der Waals surface area contributed by atoms with E-state index in [4.69, 9.17) is 5.84 Å². The fourth-order valence-electron chi connectivity index (χ4n) is 2.22. The number of aromatic nitrogens is 4. The molecule has 0 bridgehead atoms. The van der Waals surface area contributed by atoms with Gasteiger partial charge in [0.1, 0.15) is 5.82 Å². The molecule has 0 aromatic carbocycles. The normalized spacial score (nSPS) is 15.2. The number of aromatic amines is 1. The third-order valence-electron chi connectivity index (χ3n) is 3.47. The second-order valence-electron chi connectivity index (χ2n) is 5.34. The Bertz CT molecular complexity index is 572. The van der Waals surface area contributed by atoms with Gasteiger partial charge in [-0.3, -0.25) is 10.5 Å². The number of nitrogens with two attached hydrogens (primary N) is 1. The van der Waals surface area contributed by atoms with Crippen molar-refractivity contribution in [1.29, 1.82) is 0 Å². The minimum atomic E-state index is 0.374. The van der Waals surface area contributed by atoms with Gasteiger partial charge >= 0.3 is 0 Å². The number of rotatable bonds is 5. The van der Waals surface area contributed by atoms with Crippen LogP contribution in [0.25, 0.3) is 11.0 Å². The number of H-pyrrole nitrogens is 1. The topological polar surface area (TPSA) is 95.8 Å².